The minimum atomic E-state index is 0.0311. The number of urea groups is 1. The largest absolute Gasteiger partial charge is 0.396 e. The number of aliphatic hydroxyl groups excluding tert-OH is 1. The van der Waals surface area contributed by atoms with Crippen LogP contribution in [-0.4, -0.2) is 41.8 Å². The number of carbonyl (C=O) groups is 1. The number of unbranched alkanes of at least 4 members (excludes halogenated alkanes) is 1. The van der Waals surface area contributed by atoms with E-state index in [0.717, 1.165) is 44.9 Å². The molecule has 1 aliphatic rings. The monoisotopic (exact) mass is 282 g/mol. The fourth-order valence-corrected chi connectivity index (χ4v) is 2.83. The fraction of sp³-hybridized carbons (Fsp3) is 0.812. The Morgan fingerprint density at radius 3 is 2.65 bits per heavy atom. The van der Waals surface area contributed by atoms with Crippen molar-refractivity contribution < 1.29 is 9.90 Å². The molecule has 0 radical (unpaired) electrons. The van der Waals surface area contributed by atoms with E-state index in [0.29, 0.717) is 12.0 Å². The maximum absolute atomic E-state index is 12.2. The summed E-state index contributed by atoms with van der Waals surface area (Å²) in [5, 5.41) is 12.2. The van der Waals surface area contributed by atoms with Crippen molar-refractivity contribution in [1.29, 1.82) is 0 Å². The third kappa shape index (κ3) is 5.53. The molecular formula is C16H30N2O2. The normalized spacial score (nSPS) is 23.9. The molecule has 1 atom stereocenters. The molecule has 0 aromatic heterocycles. The van der Waals surface area contributed by atoms with Gasteiger partial charge in [-0.2, -0.15) is 0 Å². The van der Waals surface area contributed by atoms with Crippen LogP contribution < -0.4 is 5.32 Å². The van der Waals surface area contributed by atoms with Crippen LogP contribution in [0.1, 0.15) is 51.9 Å². The van der Waals surface area contributed by atoms with Gasteiger partial charge in [-0.1, -0.05) is 6.08 Å². The second-order valence-electron chi connectivity index (χ2n) is 6.04. The molecule has 0 heterocycles. The van der Waals surface area contributed by atoms with Crippen LogP contribution in [0.25, 0.3) is 0 Å². The summed E-state index contributed by atoms with van der Waals surface area (Å²) in [6, 6.07) is 0.556. The van der Waals surface area contributed by atoms with Crippen molar-refractivity contribution in [3.05, 3.63) is 12.7 Å². The molecule has 1 unspecified atom stereocenters. The number of aliphatic hydroxyl groups is 1. The maximum Gasteiger partial charge on any atom is 0.317 e. The summed E-state index contributed by atoms with van der Waals surface area (Å²) in [5.74, 6) is 0.431. The topological polar surface area (TPSA) is 52.6 Å². The van der Waals surface area contributed by atoms with Gasteiger partial charge in [0.05, 0.1) is 0 Å². The van der Waals surface area contributed by atoms with Crippen molar-refractivity contribution >= 4 is 6.03 Å². The van der Waals surface area contributed by atoms with Gasteiger partial charge in [0.25, 0.3) is 0 Å². The standard InChI is InChI=1S/C16H30N2O2/c1-4-5-6-7-13(2)17-16(20)18(3)15-10-8-14(12-19)9-11-15/h4,13-15,19H,1,5-12H2,2-3H3,(H,17,20). The number of carbonyl (C=O) groups excluding carboxylic acids is 1. The van der Waals surface area contributed by atoms with Gasteiger partial charge in [0.2, 0.25) is 0 Å². The van der Waals surface area contributed by atoms with Crippen molar-refractivity contribution in [2.45, 2.75) is 64.0 Å². The Bertz CT molecular complexity index is 299. The van der Waals surface area contributed by atoms with Crippen molar-refractivity contribution in [3.8, 4) is 0 Å². The van der Waals surface area contributed by atoms with Gasteiger partial charge in [-0.15, -0.1) is 6.58 Å². The highest BCUT2D eigenvalue weighted by molar-refractivity contribution is 5.74. The number of hydrogen-bond donors (Lipinski definition) is 2. The summed E-state index contributed by atoms with van der Waals surface area (Å²) in [6.07, 6.45) is 9.02. The van der Waals surface area contributed by atoms with E-state index in [1.807, 2.05) is 18.0 Å². The number of rotatable bonds is 7. The Morgan fingerprint density at radius 1 is 1.45 bits per heavy atom. The van der Waals surface area contributed by atoms with E-state index in [-0.39, 0.29) is 18.7 Å². The number of allylic oxidation sites excluding steroid dienone is 1. The molecule has 0 aliphatic heterocycles. The molecule has 4 heteroatoms. The summed E-state index contributed by atoms with van der Waals surface area (Å²) in [5.41, 5.74) is 0. The van der Waals surface area contributed by atoms with Gasteiger partial charge in [0, 0.05) is 25.7 Å². The van der Waals surface area contributed by atoms with Gasteiger partial charge in [-0.3, -0.25) is 0 Å². The van der Waals surface area contributed by atoms with E-state index >= 15 is 0 Å². The molecule has 1 aliphatic carbocycles. The molecule has 0 bridgehead atoms. The number of amides is 2. The van der Waals surface area contributed by atoms with Crippen molar-refractivity contribution in [2.24, 2.45) is 5.92 Å². The molecule has 2 N–H and O–H groups in total. The molecule has 1 fully saturated rings. The fourth-order valence-electron chi connectivity index (χ4n) is 2.83. The smallest absolute Gasteiger partial charge is 0.317 e. The Hall–Kier alpha value is -1.03. The van der Waals surface area contributed by atoms with E-state index < -0.39 is 0 Å². The van der Waals surface area contributed by atoms with E-state index in [1.165, 1.54) is 0 Å². The van der Waals surface area contributed by atoms with Gasteiger partial charge in [-0.05, 0) is 57.8 Å². The molecule has 0 saturated heterocycles. The van der Waals surface area contributed by atoms with Crippen LogP contribution in [0.4, 0.5) is 4.79 Å². The lowest BCUT2D eigenvalue weighted by atomic mass is 9.86. The van der Waals surface area contributed by atoms with Gasteiger partial charge >= 0.3 is 6.03 Å². The summed E-state index contributed by atoms with van der Waals surface area (Å²) in [4.78, 5) is 14.0. The van der Waals surface area contributed by atoms with Gasteiger partial charge in [-0.25, -0.2) is 4.79 Å². The average Bonchev–Trinajstić information content (AvgIpc) is 2.46. The van der Waals surface area contributed by atoms with Crippen LogP contribution >= 0.6 is 0 Å². The number of hydrogen-bond acceptors (Lipinski definition) is 2. The van der Waals surface area contributed by atoms with Crippen LogP contribution in [0.2, 0.25) is 0 Å². The number of nitrogens with zero attached hydrogens (tertiary/aromatic N) is 1. The van der Waals surface area contributed by atoms with Gasteiger partial charge < -0.3 is 15.3 Å². The quantitative estimate of drug-likeness (QED) is 0.557. The highest BCUT2D eigenvalue weighted by Gasteiger charge is 2.26. The van der Waals surface area contributed by atoms with Crippen molar-refractivity contribution in [3.63, 3.8) is 0 Å². The Kier molecular flexibility index (Phi) is 7.67. The minimum absolute atomic E-state index is 0.0311. The van der Waals surface area contributed by atoms with Crippen molar-refractivity contribution in [2.75, 3.05) is 13.7 Å². The van der Waals surface area contributed by atoms with Crippen LogP contribution in [-0.2, 0) is 0 Å². The lowest BCUT2D eigenvalue weighted by Crippen LogP contribution is -2.47. The zero-order valence-electron chi connectivity index (χ0n) is 13.0. The van der Waals surface area contributed by atoms with Crippen molar-refractivity contribution in [1.82, 2.24) is 10.2 Å². The van der Waals surface area contributed by atoms with E-state index in [9.17, 15) is 4.79 Å². The molecule has 0 aromatic rings. The highest BCUT2D eigenvalue weighted by atomic mass is 16.3. The first-order valence-corrected chi connectivity index (χ1v) is 7.83. The third-order valence-electron chi connectivity index (χ3n) is 4.36. The van der Waals surface area contributed by atoms with Crippen LogP contribution in [0.3, 0.4) is 0 Å². The summed E-state index contributed by atoms with van der Waals surface area (Å²) in [7, 11) is 1.88. The van der Waals surface area contributed by atoms with E-state index in [1.54, 1.807) is 0 Å². The maximum atomic E-state index is 12.2. The zero-order valence-corrected chi connectivity index (χ0v) is 13.0. The Balaban J connectivity index is 2.30. The summed E-state index contributed by atoms with van der Waals surface area (Å²) >= 11 is 0. The average molecular weight is 282 g/mol. The first-order valence-electron chi connectivity index (χ1n) is 7.83. The molecule has 116 valence electrons. The second-order valence-corrected chi connectivity index (χ2v) is 6.04. The molecule has 20 heavy (non-hydrogen) atoms. The third-order valence-corrected chi connectivity index (χ3v) is 4.36. The summed E-state index contributed by atoms with van der Waals surface area (Å²) in [6.45, 7) is 6.04. The SMILES string of the molecule is C=CCCCC(C)NC(=O)N(C)C1CCC(CO)CC1. The molecule has 0 spiro atoms. The van der Waals surface area contributed by atoms with Crippen LogP contribution in [0, 0.1) is 5.92 Å². The summed E-state index contributed by atoms with van der Waals surface area (Å²) < 4.78 is 0. The van der Waals surface area contributed by atoms with Gasteiger partial charge in [0.1, 0.15) is 0 Å². The molecular weight excluding hydrogens is 252 g/mol. The predicted octanol–water partition coefficient (Wildman–Crippen LogP) is 2.92. The first-order chi connectivity index (χ1) is 9.58. The number of nitrogens with one attached hydrogen (secondary N) is 1. The van der Waals surface area contributed by atoms with Crippen LogP contribution in [0.15, 0.2) is 12.7 Å². The minimum Gasteiger partial charge on any atom is -0.396 e. The molecule has 1 saturated carbocycles. The van der Waals surface area contributed by atoms with E-state index in [4.69, 9.17) is 5.11 Å². The highest BCUT2D eigenvalue weighted by Crippen LogP contribution is 2.26. The molecule has 4 nitrogen and oxygen atoms in total. The molecule has 0 aromatic carbocycles. The van der Waals surface area contributed by atoms with Gasteiger partial charge in [0.15, 0.2) is 0 Å². The molecule has 2 amide bonds. The van der Waals surface area contributed by atoms with E-state index in [2.05, 4.69) is 18.8 Å². The zero-order chi connectivity index (χ0) is 15.0. The first kappa shape index (κ1) is 17.0. The Morgan fingerprint density at radius 2 is 2.10 bits per heavy atom. The lowest BCUT2D eigenvalue weighted by molar-refractivity contribution is 0.132. The molecule has 1 rings (SSSR count). The second kappa shape index (κ2) is 9.01. The Labute approximate surface area is 123 Å². The van der Waals surface area contributed by atoms with Crippen LogP contribution in [0.5, 0.6) is 0 Å². The predicted molar refractivity (Wildman–Crippen MR) is 82.6 cm³/mol. The lowest BCUT2D eigenvalue weighted by Gasteiger charge is -2.34.